The number of hydrogen-bond donors (Lipinski definition) is 3. The lowest BCUT2D eigenvalue weighted by atomic mass is 9.98. The fourth-order valence-electron chi connectivity index (χ4n) is 1.80. The molecule has 108 valence electrons. The summed E-state index contributed by atoms with van der Waals surface area (Å²) in [5.74, 6) is -0.302. The van der Waals surface area contributed by atoms with Gasteiger partial charge in [-0.25, -0.2) is 0 Å². The van der Waals surface area contributed by atoms with Crippen LogP contribution in [-0.4, -0.2) is 39.4 Å². The number of amides is 1. The maximum Gasteiger partial charge on any atom is 0.268 e. The molecule has 0 saturated heterocycles. The quantitative estimate of drug-likeness (QED) is 0.742. The van der Waals surface area contributed by atoms with Crippen molar-refractivity contribution < 1.29 is 15.0 Å². The molecule has 1 aromatic rings. The molecule has 0 aliphatic heterocycles. The first-order valence-corrected chi connectivity index (χ1v) is 7.10. The Labute approximate surface area is 121 Å². The predicted molar refractivity (Wildman–Crippen MR) is 77.2 cm³/mol. The SMILES string of the molecule is CCC(CO)(CO)NC(=O)c1cc(Br)cn1C(C)C. The monoisotopic (exact) mass is 332 g/mol. The van der Waals surface area contributed by atoms with E-state index in [1.54, 1.807) is 6.07 Å². The molecule has 0 spiro atoms. The normalized spacial score (nSPS) is 11.9. The smallest absolute Gasteiger partial charge is 0.268 e. The van der Waals surface area contributed by atoms with Crippen LogP contribution in [0.4, 0.5) is 0 Å². The van der Waals surface area contributed by atoms with Crippen LogP contribution >= 0.6 is 15.9 Å². The van der Waals surface area contributed by atoms with Gasteiger partial charge in [0.1, 0.15) is 5.69 Å². The van der Waals surface area contributed by atoms with Crippen molar-refractivity contribution in [2.75, 3.05) is 13.2 Å². The van der Waals surface area contributed by atoms with Crippen molar-refractivity contribution in [2.45, 2.75) is 38.8 Å². The summed E-state index contributed by atoms with van der Waals surface area (Å²) in [5.41, 5.74) is -0.475. The van der Waals surface area contributed by atoms with E-state index < -0.39 is 5.54 Å². The molecule has 0 bridgehead atoms. The lowest BCUT2D eigenvalue weighted by Gasteiger charge is -2.30. The van der Waals surface area contributed by atoms with Gasteiger partial charge in [0.2, 0.25) is 0 Å². The number of nitrogens with zero attached hydrogens (tertiary/aromatic N) is 1. The maximum atomic E-state index is 12.3. The highest BCUT2D eigenvalue weighted by Gasteiger charge is 2.30. The van der Waals surface area contributed by atoms with Gasteiger partial charge in [0.05, 0.1) is 18.8 Å². The van der Waals surface area contributed by atoms with Crippen LogP contribution in [0, 0.1) is 0 Å². The number of carbonyl (C=O) groups excluding carboxylic acids is 1. The molecule has 1 amide bonds. The van der Waals surface area contributed by atoms with E-state index in [4.69, 9.17) is 0 Å². The molecule has 0 unspecified atom stereocenters. The number of aliphatic hydroxyl groups is 2. The molecule has 1 heterocycles. The Bertz CT molecular complexity index is 431. The van der Waals surface area contributed by atoms with Gasteiger partial charge in [-0.2, -0.15) is 0 Å². The van der Waals surface area contributed by atoms with Crippen molar-refractivity contribution in [1.29, 1.82) is 0 Å². The molecule has 0 aliphatic rings. The molecule has 0 radical (unpaired) electrons. The molecule has 0 atom stereocenters. The summed E-state index contributed by atoms with van der Waals surface area (Å²) in [7, 11) is 0. The van der Waals surface area contributed by atoms with Crippen LogP contribution in [0.25, 0.3) is 0 Å². The van der Waals surface area contributed by atoms with Gasteiger partial charge in [-0.1, -0.05) is 6.92 Å². The summed E-state index contributed by atoms with van der Waals surface area (Å²) in [6.07, 6.45) is 2.29. The fraction of sp³-hybridized carbons (Fsp3) is 0.615. The summed E-state index contributed by atoms with van der Waals surface area (Å²) >= 11 is 3.35. The third-order valence-electron chi connectivity index (χ3n) is 3.26. The van der Waals surface area contributed by atoms with Crippen LogP contribution in [0.15, 0.2) is 16.7 Å². The molecule has 0 fully saturated rings. The number of halogens is 1. The van der Waals surface area contributed by atoms with Crippen LogP contribution in [0.2, 0.25) is 0 Å². The van der Waals surface area contributed by atoms with Crippen molar-refractivity contribution in [3.8, 4) is 0 Å². The Morgan fingerprint density at radius 3 is 2.47 bits per heavy atom. The first kappa shape index (κ1) is 16.2. The zero-order valence-corrected chi connectivity index (χ0v) is 13.1. The number of nitrogens with one attached hydrogen (secondary N) is 1. The summed E-state index contributed by atoms with van der Waals surface area (Å²) in [6, 6.07) is 1.87. The van der Waals surface area contributed by atoms with Crippen molar-refractivity contribution in [3.05, 3.63) is 22.4 Å². The highest BCUT2D eigenvalue weighted by molar-refractivity contribution is 9.10. The second kappa shape index (κ2) is 6.54. The topological polar surface area (TPSA) is 74.5 Å². The minimum Gasteiger partial charge on any atom is -0.394 e. The van der Waals surface area contributed by atoms with Crippen molar-refractivity contribution in [2.24, 2.45) is 0 Å². The van der Waals surface area contributed by atoms with Crippen LogP contribution in [0.5, 0.6) is 0 Å². The number of aliphatic hydroxyl groups excluding tert-OH is 2. The van der Waals surface area contributed by atoms with Crippen LogP contribution in [-0.2, 0) is 0 Å². The summed E-state index contributed by atoms with van der Waals surface area (Å²) in [4.78, 5) is 12.3. The average molecular weight is 333 g/mol. The van der Waals surface area contributed by atoms with E-state index in [-0.39, 0.29) is 25.2 Å². The molecule has 0 aromatic carbocycles. The van der Waals surface area contributed by atoms with E-state index in [0.717, 1.165) is 4.47 Å². The van der Waals surface area contributed by atoms with Gasteiger partial charge in [0.25, 0.3) is 5.91 Å². The van der Waals surface area contributed by atoms with Gasteiger partial charge < -0.3 is 20.1 Å². The van der Waals surface area contributed by atoms with Gasteiger partial charge in [0, 0.05) is 16.7 Å². The summed E-state index contributed by atoms with van der Waals surface area (Å²) in [5, 5.41) is 21.5. The van der Waals surface area contributed by atoms with Crippen molar-refractivity contribution in [3.63, 3.8) is 0 Å². The summed E-state index contributed by atoms with van der Waals surface area (Å²) in [6.45, 7) is 5.18. The lowest BCUT2D eigenvalue weighted by molar-refractivity contribution is 0.0645. The molecule has 3 N–H and O–H groups in total. The molecule has 0 saturated carbocycles. The van der Waals surface area contributed by atoms with Gasteiger partial charge in [-0.15, -0.1) is 0 Å². The Hall–Kier alpha value is -0.850. The summed E-state index contributed by atoms with van der Waals surface area (Å²) < 4.78 is 2.66. The minimum atomic E-state index is -0.977. The largest absolute Gasteiger partial charge is 0.394 e. The van der Waals surface area contributed by atoms with Gasteiger partial charge in [-0.05, 0) is 42.3 Å². The molecule has 1 aromatic heterocycles. The molecule has 6 heteroatoms. The molecular weight excluding hydrogens is 312 g/mol. The second-order valence-corrected chi connectivity index (χ2v) is 5.86. The Morgan fingerprint density at radius 1 is 1.47 bits per heavy atom. The molecule has 1 rings (SSSR count). The highest BCUT2D eigenvalue weighted by Crippen LogP contribution is 2.20. The third kappa shape index (κ3) is 3.58. The van der Waals surface area contributed by atoms with Gasteiger partial charge in [-0.3, -0.25) is 4.79 Å². The third-order valence-corrected chi connectivity index (χ3v) is 3.70. The Kier molecular flexibility index (Phi) is 5.58. The minimum absolute atomic E-state index is 0.145. The van der Waals surface area contributed by atoms with Gasteiger partial charge in [0.15, 0.2) is 0 Å². The van der Waals surface area contributed by atoms with E-state index in [0.29, 0.717) is 12.1 Å². The van der Waals surface area contributed by atoms with Crippen LogP contribution in [0.1, 0.15) is 43.7 Å². The molecule has 5 nitrogen and oxygen atoms in total. The number of carbonyl (C=O) groups is 1. The average Bonchev–Trinajstić information content (AvgIpc) is 2.78. The van der Waals surface area contributed by atoms with E-state index in [2.05, 4.69) is 21.2 Å². The van der Waals surface area contributed by atoms with Crippen LogP contribution < -0.4 is 5.32 Å². The first-order chi connectivity index (χ1) is 8.89. The first-order valence-electron chi connectivity index (χ1n) is 6.30. The van der Waals surface area contributed by atoms with Crippen molar-refractivity contribution in [1.82, 2.24) is 9.88 Å². The number of aromatic nitrogens is 1. The lowest BCUT2D eigenvalue weighted by Crippen LogP contribution is -2.54. The van der Waals surface area contributed by atoms with E-state index in [9.17, 15) is 15.0 Å². The molecular formula is C13H21BrN2O3. The Balaban J connectivity index is 3.01. The highest BCUT2D eigenvalue weighted by atomic mass is 79.9. The standard InChI is InChI=1S/C13H21BrN2O3/c1-4-13(7-17,8-18)15-12(19)11-5-10(14)6-16(11)9(2)3/h5-6,9,17-18H,4,7-8H2,1-3H3,(H,15,19). The number of rotatable bonds is 6. The van der Waals surface area contributed by atoms with Crippen molar-refractivity contribution >= 4 is 21.8 Å². The Morgan fingerprint density at radius 2 is 2.05 bits per heavy atom. The van der Waals surface area contributed by atoms with E-state index in [1.807, 2.05) is 31.5 Å². The zero-order valence-electron chi connectivity index (χ0n) is 11.5. The molecule has 0 aliphatic carbocycles. The number of hydrogen-bond acceptors (Lipinski definition) is 3. The fourth-order valence-corrected chi connectivity index (χ4v) is 2.24. The molecule has 19 heavy (non-hydrogen) atoms. The second-order valence-electron chi connectivity index (χ2n) is 4.95. The van der Waals surface area contributed by atoms with Gasteiger partial charge >= 0.3 is 0 Å². The van der Waals surface area contributed by atoms with Crippen LogP contribution in [0.3, 0.4) is 0 Å². The predicted octanol–water partition coefficient (Wildman–Crippen LogP) is 1.69. The van der Waals surface area contributed by atoms with E-state index in [1.165, 1.54) is 0 Å². The van der Waals surface area contributed by atoms with E-state index >= 15 is 0 Å². The maximum absolute atomic E-state index is 12.3. The zero-order chi connectivity index (χ0) is 14.6.